The molecular weight excluding hydrogens is 580 g/mol. The summed E-state index contributed by atoms with van der Waals surface area (Å²) in [7, 11) is 0. The van der Waals surface area contributed by atoms with Gasteiger partial charge in [0.2, 0.25) is 6.43 Å². The van der Waals surface area contributed by atoms with Crippen molar-refractivity contribution in [3.63, 3.8) is 0 Å². The molecule has 0 spiro atoms. The van der Waals surface area contributed by atoms with Crippen molar-refractivity contribution in [2.45, 2.75) is 45.0 Å². The van der Waals surface area contributed by atoms with Gasteiger partial charge in [-0.25, -0.2) is 13.8 Å². The molecule has 1 fully saturated rings. The van der Waals surface area contributed by atoms with Gasteiger partial charge in [0.15, 0.2) is 0 Å². The fourth-order valence-electron chi connectivity index (χ4n) is 5.10. The van der Waals surface area contributed by atoms with Gasteiger partial charge in [-0.15, -0.1) is 0 Å². The number of hydrogen-bond acceptors (Lipinski definition) is 4. The van der Waals surface area contributed by atoms with Crippen LogP contribution in [0.4, 0.5) is 14.6 Å². The van der Waals surface area contributed by atoms with Crippen molar-refractivity contribution in [1.29, 1.82) is 0 Å². The second-order valence-corrected chi connectivity index (χ2v) is 11.0. The number of amides is 1. The molecule has 2 N–H and O–H groups in total. The first-order valence-corrected chi connectivity index (χ1v) is 13.7. The Morgan fingerprint density at radius 2 is 2.03 bits per heavy atom. The van der Waals surface area contributed by atoms with Gasteiger partial charge in [0, 0.05) is 58.3 Å². The highest BCUT2D eigenvalue weighted by Gasteiger charge is 2.30. The maximum atomic E-state index is 13.7. The zero-order valence-corrected chi connectivity index (χ0v) is 23.2. The molecule has 2 aromatic carbocycles. The van der Waals surface area contributed by atoms with E-state index in [-0.39, 0.29) is 31.3 Å². The third-order valence-electron chi connectivity index (χ3n) is 7.07. The Balaban J connectivity index is 1.68. The van der Waals surface area contributed by atoms with E-state index < -0.39 is 18.3 Å². The molecule has 0 radical (unpaired) electrons. The van der Waals surface area contributed by atoms with Crippen LogP contribution in [0.5, 0.6) is 0 Å². The molecule has 202 valence electrons. The van der Waals surface area contributed by atoms with Crippen LogP contribution in [0.25, 0.3) is 10.9 Å². The first kappa shape index (κ1) is 28.2. The molecule has 1 aliphatic heterocycles. The molecule has 38 heavy (non-hydrogen) atoms. The number of carboxylic acids is 1. The Morgan fingerprint density at radius 3 is 2.74 bits per heavy atom. The van der Waals surface area contributed by atoms with Crippen molar-refractivity contribution in [1.82, 2.24) is 10.3 Å². The van der Waals surface area contributed by atoms with Crippen LogP contribution in [0, 0.1) is 12.8 Å². The Bertz CT molecular complexity index is 1340. The summed E-state index contributed by atoms with van der Waals surface area (Å²) in [4.78, 5) is 31.6. The van der Waals surface area contributed by atoms with E-state index in [0.717, 1.165) is 10.0 Å². The third kappa shape index (κ3) is 6.43. The molecule has 2 heterocycles. The van der Waals surface area contributed by atoms with E-state index >= 15 is 0 Å². The molecule has 10 heteroatoms. The van der Waals surface area contributed by atoms with E-state index in [4.69, 9.17) is 16.6 Å². The number of alkyl halides is 2. The predicted octanol–water partition coefficient (Wildman–Crippen LogP) is 6.82. The quantitative estimate of drug-likeness (QED) is 0.279. The van der Waals surface area contributed by atoms with Gasteiger partial charge < -0.3 is 15.3 Å². The summed E-state index contributed by atoms with van der Waals surface area (Å²) in [6, 6.07) is 12.6. The normalized spacial score (nSPS) is 16.6. The Morgan fingerprint density at radius 1 is 1.26 bits per heavy atom. The predicted molar refractivity (Wildman–Crippen MR) is 149 cm³/mol. The second kappa shape index (κ2) is 12.4. The molecule has 0 saturated carbocycles. The van der Waals surface area contributed by atoms with Gasteiger partial charge in [0.05, 0.1) is 11.1 Å². The molecule has 1 aromatic heterocycles. The first-order chi connectivity index (χ1) is 18.2. The van der Waals surface area contributed by atoms with Gasteiger partial charge in [-0.05, 0) is 56.0 Å². The number of benzene rings is 2. The highest BCUT2D eigenvalue weighted by Crippen LogP contribution is 2.34. The number of pyridine rings is 1. The van der Waals surface area contributed by atoms with E-state index in [1.54, 1.807) is 25.1 Å². The number of anilines is 1. The number of rotatable bonds is 9. The van der Waals surface area contributed by atoms with Gasteiger partial charge in [-0.2, -0.15) is 0 Å². The van der Waals surface area contributed by atoms with Crippen LogP contribution >= 0.6 is 27.5 Å². The smallest absolute Gasteiger partial charge is 0.303 e. The lowest BCUT2D eigenvalue weighted by molar-refractivity contribution is -0.137. The number of carbonyl (C=O) groups is 2. The number of nitrogens with zero attached hydrogens (tertiary/aromatic N) is 2. The summed E-state index contributed by atoms with van der Waals surface area (Å²) in [6.45, 7) is 2.74. The molecule has 2 atom stereocenters. The Labute approximate surface area is 233 Å². The topological polar surface area (TPSA) is 82.5 Å². The molecule has 1 amide bonds. The summed E-state index contributed by atoms with van der Waals surface area (Å²) in [5.74, 6) is -1.79. The van der Waals surface area contributed by atoms with Gasteiger partial charge in [-0.1, -0.05) is 45.7 Å². The minimum absolute atomic E-state index is 0.0691. The Hall–Kier alpha value is -2.78. The van der Waals surface area contributed by atoms with Crippen LogP contribution in [0.1, 0.15) is 53.1 Å². The summed E-state index contributed by atoms with van der Waals surface area (Å²) >= 11 is 9.87. The van der Waals surface area contributed by atoms with E-state index in [0.29, 0.717) is 58.7 Å². The zero-order chi connectivity index (χ0) is 27.4. The van der Waals surface area contributed by atoms with Gasteiger partial charge in [0.1, 0.15) is 5.82 Å². The minimum atomic E-state index is -2.41. The number of hydrogen-bond donors (Lipinski definition) is 2. The van der Waals surface area contributed by atoms with Crippen LogP contribution in [0.15, 0.2) is 46.9 Å². The summed E-state index contributed by atoms with van der Waals surface area (Å²) in [6.07, 6.45) is -1.10. The summed E-state index contributed by atoms with van der Waals surface area (Å²) < 4.78 is 27.8. The highest BCUT2D eigenvalue weighted by molar-refractivity contribution is 9.10. The lowest BCUT2D eigenvalue weighted by atomic mass is 9.93. The van der Waals surface area contributed by atoms with Crippen LogP contribution in [-0.2, 0) is 4.79 Å². The van der Waals surface area contributed by atoms with E-state index in [9.17, 15) is 23.5 Å². The van der Waals surface area contributed by atoms with Gasteiger partial charge in [0.25, 0.3) is 5.91 Å². The average Bonchev–Trinajstić information content (AvgIpc) is 2.88. The van der Waals surface area contributed by atoms with Crippen molar-refractivity contribution in [2.24, 2.45) is 5.92 Å². The van der Waals surface area contributed by atoms with Crippen LogP contribution in [0.3, 0.4) is 0 Å². The maximum absolute atomic E-state index is 13.7. The molecule has 4 rings (SSSR count). The van der Waals surface area contributed by atoms with Crippen molar-refractivity contribution < 1.29 is 23.5 Å². The number of carbonyl (C=O) groups excluding carboxylic acids is 1. The lowest BCUT2D eigenvalue weighted by Crippen LogP contribution is -2.39. The lowest BCUT2D eigenvalue weighted by Gasteiger charge is -2.34. The second-order valence-electron chi connectivity index (χ2n) is 9.64. The number of fused-ring (bicyclic) bond motifs is 1. The molecule has 6 nitrogen and oxygen atoms in total. The molecule has 3 aromatic rings. The maximum Gasteiger partial charge on any atom is 0.303 e. The monoisotopic (exact) mass is 607 g/mol. The van der Waals surface area contributed by atoms with Gasteiger partial charge in [-0.3, -0.25) is 9.59 Å². The van der Waals surface area contributed by atoms with E-state index in [1.165, 1.54) is 0 Å². The molecule has 1 saturated heterocycles. The van der Waals surface area contributed by atoms with Crippen LogP contribution < -0.4 is 10.2 Å². The van der Waals surface area contributed by atoms with Gasteiger partial charge >= 0.3 is 5.97 Å². The van der Waals surface area contributed by atoms with Crippen molar-refractivity contribution in [3.8, 4) is 0 Å². The molecule has 2 unspecified atom stereocenters. The van der Waals surface area contributed by atoms with Crippen LogP contribution in [0.2, 0.25) is 5.02 Å². The molecule has 0 bridgehead atoms. The van der Waals surface area contributed by atoms with Crippen molar-refractivity contribution >= 4 is 56.1 Å². The average molecular weight is 609 g/mol. The van der Waals surface area contributed by atoms with Crippen molar-refractivity contribution in [3.05, 3.63) is 68.7 Å². The standard InChI is InChI=1S/C28H29BrClF2N3O3/c1-16-25(28(38)33-14-17(8-11-24(36)37)20-6-2-3-7-22(20)30)21-13-19(29)9-10-23(21)34-27(16)35-12-4-5-18(15-35)26(31)32/h2-3,6-7,9-10,13,17-18,26H,4-5,8,11-12,14-15H2,1H3,(H,33,38)(H,36,37). The van der Waals surface area contributed by atoms with E-state index in [2.05, 4.69) is 21.2 Å². The van der Waals surface area contributed by atoms with Crippen molar-refractivity contribution in [2.75, 3.05) is 24.5 Å². The number of halogens is 4. The first-order valence-electron chi connectivity index (χ1n) is 12.5. The minimum Gasteiger partial charge on any atom is -0.481 e. The largest absolute Gasteiger partial charge is 0.481 e. The number of piperidine rings is 1. The molecule has 0 aliphatic carbocycles. The molecular formula is C28H29BrClF2N3O3. The molecule has 1 aliphatic rings. The Kier molecular flexibility index (Phi) is 9.20. The van der Waals surface area contributed by atoms with E-state index in [1.807, 2.05) is 29.2 Å². The zero-order valence-electron chi connectivity index (χ0n) is 20.9. The summed E-state index contributed by atoms with van der Waals surface area (Å²) in [5.41, 5.74) is 2.39. The highest BCUT2D eigenvalue weighted by atomic mass is 79.9. The number of nitrogens with one attached hydrogen (secondary N) is 1. The number of carboxylic acid groups (broad SMARTS) is 1. The number of aliphatic carboxylic acids is 1. The number of aromatic nitrogens is 1. The van der Waals surface area contributed by atoms with Crippen LogP contribution in [-0.4, -0.2) is 48.0 Å². The SMILES string of the molecule is Cc1c(N2CCCC(C(F)F)C2)nc2ccc(Br)cc2c1C(=O)NCC(CCC(=O)O)c1ccccc1Cl. The fraction of sp³-hybridized carbons (Fsp3) is 0.393. The fourth-order valence-corrected chi connectivity index (χ4v) is 5.75. The summed E-state index contributed by atoms with van der Waals surface area (Å²) in [5, 5.41) is 13.4. The third-order valence-corrected chi connectivity index (χ3v) is 7.90.